The fourth-order valence-corrected chi connectivity index (χ4v) is 4.86. The predicted molar refractivity (Wildman–Crippen MR) is 124 cm³/mol. The molecule has 1 fully saturated rings. The van der Waals surface area contributed by atoms with Crippen LogP contribution in [-0.2, 0) is 19.5 Å². The summed E-state index contributed by atoms with van der Waals surface area (Å²) < 4.78 is 12.5. The third-order valence-electron chi connectivity index (χ3n) is 6.76. The van der Waals surface area contributed by atoms with E-state index in [0.717, 1.165) is 48.3 Å². The van der Waals surface area contributed by atoms with Gasteiger partial charge in [-0.2, -0.15) is 5.10 Å². The van der Waals surface area contributed by atoms with E-state index in [1.165, 1.54) is 6.39 Å². The Bertz CT molecular complexity index is 1190. The normalized spacial score (nSPS) is 15.9. The van der Waals surface area contributed by atoms with Crippen LogP contribution < -0.4 is 10.1 Å². The summed E-state index contributed by atoms with van der Waals surface area (Å²) in [6.07, 6.45) is 6.15. The first-order chi connectivity index (χ1) is 16.5. The van der Waals surface area contributed by atoms with Crippen molar-refractivity contribution < 1.29 is 18.7 Å². The van der Waals surface area contributed by atoms with E-state index >= 15 is 0 Å². The van der Waals surface area contributed by atoms with Crippen LogP contribution in [0.4, 0.5) is 0 Å². The van der Waals surface area contributed by atoms with Crippen molar-refractivity contribution in [3.63, 3.8) is 0 Å². The van der Waals surface area contributed by atoms with E-state index < -0.39 is 0 Å². The van der Waals surface area contributed by atoms with Crippen LogP contribution in [0, 0.1) is 6.92 Å². The Morgan fingerprint density at radius 3 is 2.65 bits per heavy atom. The number of oxazole rings is 1. The maximum absolute atomic E-state index is 13.2. The zero-order valence-corrected chi connectivity index (χ0v) is 19.5. The van der Waals surface area contributed by atoms with Crippen molar-refractivity contribution in [2.75, 3.05) is 13.7 Å². The highest BCUT2D eigenvalue weighted by atomic mass is 16.5. The lowest BCUT2D eigenvalue weighted by atomic mass is 10.0. The molecule has 2 aromatic heterocycles. The Hall–Kier alpha value is -3.62. The Morgan fingerprint density at radius 2 is 1.97 bits per heavy atom. The summed E-state index contributed by atoms with van der Waals surface area (Å²) in [6.45, 7) is 3.12. The SMILES string of the molecule is COc1ccc(Cn2nc(C(=O)NC3CCCC3)c3c2CCN(C(=O)c2ocnc2C)C3)cc1. The van der Waals surface area contributed by atoms with Crippen molar-refractivity contribution in [3.8, 4) is 5.75 Å². The number of amides is 2. The number of carbonyl (C=O) groups is 2. The van der Waals surface area contributed by atoms with Gasteiger partial charge in [0, 0.05) is 30.3 Å². The van der Waals surface area contributed by atoms with E-state index in [-0.39, 0.29) is 23.6 Å². The van der Waals surface area contributed by atoms with Gasteiger partial charge in [0.2, 0.25) is 5.76 Å². The van der Waals surface area contributed by atoms with E-state index in [2.05, 4.69) is 10.3 Å². The lowest BCUT2D eigenvalue weighted by Crippen LogP contribution is -2.38. The van der Waals surface area contributed by atoms with Gasteiger partial charge in [0.1, 0.15) is 5.75 Å². The molecule has 0 bridgehead atoms. The molecule has 0 unspecified atom stereocenters. The number of nitrogens with one attached hydrogen (secondary N) is 1. The van der Waals surface area contributed by atoms with Crippen LogP contribution in [0.2, 0.25) is 0 Å². The van der Waals surface area contributed by atoms with Gasteiger partial charge in [-0.15, -0.1) is 0 Å². The van der Waals surface area contributed by atoms with Gasteiger partial charge in [-0.05, 0) is 37.5 Å². The van der Waals surface area contributed by atoms with E-state index in [9.17, 15) is 9.59 Å². The number of carbonyl (C=O) groups excluding carboxylic acids is 2. The Morgan fingerprint density at radius 1 is 1.21 bits per heavy atom. The van der Waals surface area contributed by atoms with Gasteiger partial charge in [-0.3, -0.25) is 14.3 Å². The highest BCUT2D eigenvalue weighted by Gasteiger charge is 2.33. The second-order valence-electron chi connectivity index (χ2n) is 8.98. The number of hydrogen-bond acceptors (Lipinski definition) is 6. The van der Waals surface area contributed by atoms with E-state index in [4.69, 9.17) is 14.3 Å². The van der Waals surface area contributed by atoms with Gasteiger partial charge in [0.25, 0.3) is 11.8 Å². The van der Waals surface area contributed by atoms with Gasteiger partial charge >= 0.3 is 0 Å². The summed E-state index contributed by atoms with van der Waals surface area (Å²) >= 11 is 0. The van der Waals surface area contributed by atoms with Crippen molar-refractivity contribution >= 4 is 11.8 Å². The molecule has 2 amide bonds. The van der Waals surface area contributed by atoms with Crippen molar-refractivity contribution in [3.05, 3.63) is 64.6 Å². The molecule has 1 saturated carbocycles. The number of nitrogens with zero attached hydrogens (tertiary/aromatic N) is 4. The van der Waals surface area contributed by atoms with Crippen LogP contribution in [-0.4, -0.2) is 51.2 Å². The van der Waals surface area contributed by atoms with E-state index in [1.807, 2.05) is 28.9 Å². The molecular formula is C25H29N5O4. The maximum atomic E-state index is 13.2. The highest BCUT2D eigenvalue weighted by Crippen LogP contribution is 2.27. The van der Waals surface area contributed by atoms with Crippen molar-refractivity contribution in [1.82, 2.24) is 25.0 Å². The van der Waals surface area contributed by atoms with Gasteiger partial charge in [-0.1, -0.05) is 25.0 Å². The number of fused-ring (bicyclic) bond motifs is 1. The summed E-state index contributed by atoms with van der Waals surface area (Å²) in [6, 6.07) is 8.01. The molecule has 178 valence electrons. The molecule has 9 nitrogen and oxygen atoms in total. The molecule has 1 aromatic carbocycles. The lowest BCUT2D eigenvalue weighted by molar-refractivity contribution is 0.0697. The molecule has 0 saturated heterocycles. The zero-order valence-electron chi connectivity index (χ0n) is 19.5. The smallest absolute Gasteiger partial charge is 0.291 e. The van der Waals surface area contributed by atoms with Crippen LogP contribution in [0.1, 0.15) is 69.2 Å². The number of hydrogen-bond donors (Lipinski definition) is 1. The topological polar surface area (TPSA) is 102 Å². The molecule has 1 N–H and O–H groups in total. The minimum atomic E-state index is -0.217. The molecular weight excluding hydrogens is 434 g/mol. The second-order valence-corrected chi connectivity index (χ2v) is 8.98. The summed E-state index contributed by atoms with van der Waals surface area (Å²) in [7, 11) is 1.64. The molecule has 2 aliphatic rings. The summed E-state index contributed by atoms with van der Waals surface area (Å²) in [5.41, 5.74) is 3.82. The second kappa shape index (κ2) is 9.32. The number of ether oxygens (including phenoxy) is 1. The summed E-state index contributed by atoms with van der Waals surface area (Å²) in [4.78, 5) is 32.1. The minimum Gasteiger partial charge on any atom is -0.497 e. The summed E-state index contributed by atoms with van der Waals surface area (Å²) in [5.74, 6) is 0.651. The standard InChI is InChI=1S/C25H29N5O4/c1-16-23(34-15-26-16)25(32)29-12-11-21-20(14-29)22(24(31)27-18-5-3-4-6-18)28-30(21)13-17-7-9-19(33-2)10-8-17/h7-10,15,18H,3-6,11-14H2,1-2H3,(H,27,31). The predicted octanol–water partition coefficient (Wildman–Crippen LogP) is 3.11. The quantitative estimate of drug-likeness (QED) is 0.603. The third-order valence-corrected chi connectivity index (χ3v) is 6.76. The lowest BCUT2D eigenvalue weighted by Gasteiger charge is -2.27. The highest BCUT2D eigenvalue weighted by molar-refractivity contribution is 5.95. The van der Waals surface area contributed by atoms with Gasteiger partial charge in [0.15, 0.2) is 12.1 Å². The first-order valence-corrected chi connectivity index (χ1v) is 11.7. The fraction of sp³-hybridized carbons (Fsp3) is 0.440. The average Bonchev–Trinajstić information content (AvgIpc) is 3.60. The molecule has 34 heavy (non-hydrogen) atoms. The zero-order chi connectivity index (χ0) is 23.7. The first-order valence-electron chi connectivity index (χ1n) is 11.7. The minimum absolute atomic E-state index is 0.165. The maximum Gasteiger partial charge on any atom is 0.291 e. The number of benzene rings is 1. The molecule has 0 atom stereocenters. The van der Waals surface area contributed by atoms with Crippen molar-refractivity contribution in [2.45, 2.75) is 58.2 Å². The fourth-order valence-electron chi connectivity index (χ4n) is 4.86. The van der Waals surface area contributed by atoms with Crippen LogP contribution in [0.3, 0.4) is 0 Å². The monoisotopic (exact) mass is 463 g/mol. The Labute approximate surface area is 198 Å². The van der Waals surface area contributed by atoms with Gasteiger partial charge < -0.3 is 19.4 Å². The van der Waals surface area contributed by atoms with Crippen molar-refractivity contribution in [2.24, 2.45) is 0 Å². The van der Waals surface area contributed by atoms with Crippen LogP contribution >= 0.6 is 0 Å². The molecule has 3 heterocycles. The largest absolute Gasteiger partial charge is 0.497 e. The molecule has 5 rings (SSSR count). The van der Waals surface area contributed by atoms with Crippen LogP contribution in [0.25, 0.3) is 0 Å². The molecule has 3 aromatic rings. The first kappa shape index (κ1) is 22.2. The van der Waals surface area contributed by atoms with Crippen LogP contribution in [0.15, 0.2) is 35.1 Å². The Kier molecular flexibility index (Phi) is 6.08. The number of aryl methyl sites for hydroxylation is 1. The van der Waals surface area contributed by atoms with E-state index in [0.29, 0.717) is 37.4 Å². The molecule has 0 radical (unpaired) electrons. The number of methoxy groups -OCH3 is 1. The Balaban J connectivity index is 1.44. The average molecular weight is 464 g/mol. The molecule has 1 aliphatic heterocycles. The van der Waals surface area contributed by atoms with Gasteiger partial charge in [-0.25, -0.2) is 4.98 Å². The van der Waals surface area contributed by atoms with E-state index in [1.54, 1.807) is 18.9 Å². The third kappa shape index (κ3) is 4.30. The van der Waals surface area contributed by atoms with Crippen LogP contribution in [0.5, 0.6) is 5.75 Å². The molecule has 9 heteroatoms. The van der Waals surface area contributed by atoms with Crippen molar-refractivity contribution in [1.29, 1.82) is 0 Å². The van der Waals surface area contributed by atoms with Gasteiger partial charge in [0.05, 0.1) is 25.9 Å². The molecule has 1 aliphatic carbocycles. The molecule has 0 spiro atoms. The summed E-state index contributed by atoms with van der Waals surface area (Å²) in [5, 5.41) is 7.90. The number of rotatable bonds is 6. The number of aromatic nitrogens is 3.